The van der Waals surface area contributed by atoms with Crippen LogP contribution in [0.2, 0.25) is 0 Å². The summed E-state index contributed by atoms with van der Waals surface area (Å²) in [6, 6.07) is 12.2. The van der Waals surface area contributed by atoms with Gasteiger partial charge in [-0.2, -0.15) is 0 Å². The van der Waals surface area contributed by atoms with Crippen molar-refractivity contribution in [1.82, 2.24) is 4.90 Å². The Labute approximate surface area is 193 Å². The molecule has 0 unspecified atom stereocenters. The van der Waals surface area contributed by atoms with Crippen molar-refractivity contribution in [3.05, 3.63) is 53.1 Å². The first-order valence-corrected chi connectivity index (χ1v) is 12.1. The van der Waals surface area contributed by atoms with E-state index in [2.05, 4.69) is 43.4 Å². The molecule has 1 aliphatic rings. The number of carbonyl (C=O) groups is 1. The van der Waals surface area contributed by atoms with Gasteiger partial charge >= 0.3 is 0 Å². The van der Waals surface area contributed by atoms with E-state index in [1.165, 1.54) is 5.56 Å². The number of rotatable bonds is 14. The molecule has 2 aromatic carbocycles. The number of nitrogens with one attached hydrogen (secondary N) is 1. The van der Waals surface area contributed by atoms with Gasteiger partial charge in [-0.3, -0.25) is 4.79 Å². The average molecular weight is 439 g/mol. The molecular weight excluding hydrogens is 400 g/mol. The number of ether oxygens (including phenoxy) is 2. The predicted octanol–water partition coefficient (Wildman–Crippen LogP) is 6.06. The second kappa shape index (κ2) is 12.4. The fraction of sp³-hybridized carbons (Fsp3) is 0.519. The Morgan fingerprint density at radius 3 is 2.25 bits per heavy atom. The summed E-state index contributed by atoms with van der Waals surface area (Å²) in [5, 5.41) is 3.14. The van der Waals surface area contributed by atoms with Crippen molar-refractivity contribution >= 4 is 11.6 Å². The molecule has 1 amide bonds. The average Bonchev–Trinajstić information content (AvgIpc) is 3.14. The number of nitrogens with zero attached hydrogens (tertiary/aromatic N) is 1. The normalized spacial score (nSPS) is 12.7. The van der Waals surface area contributed by atoms with Gasteiger partial charge in [0, 0.05) is 30.4 Å². The SMILES string of the molecule is CCCCCOc1ccc2c(c1OCCCCC)CN(CCc1ccc(NC)cc1)C2=O. The summed E-state index contributed by atoms with van der Waals surface area (Å²) in [4.78, 5) is 15.0. The van der Waals surface area contributed by atoms with Crippen LogP contribution in [0, 0.1) is 0 Å². The maximum Gasteiger partial charge on any atom is 0.254 e. The Balaban J connectivity index is 1.70. The highest BCUT2D eigenvalue weighted by Crippen LogP contribution is 2.39. The number of amides is 1. The largest absolute Gasteiger partial charge is 0.490 e. The minimum absolute atomic E-state index is 0.0859. The zero-order valence-electron chi connectivity index (χ0n) is 19.9. The molecule has 5 nitrogen and oxygen atoms in total. The van der Waals surface area contributed by atoms with Gasteiger partial charge in [0.15, 0.2) is 11.5 Å². The molecule has 0 aliphatic carbocycles. The van der Waals surface area contributed by atoms with Crippen LogP contribution in [0.3, 0.4) is 0 Å². The van der Waals surface area contributed by atoms with Crippen LogP contribution in [-0.4, -0.2) is 37.6 Å². The van der Waals surface area contributed by atoms with E-state index in [0.717, 1.165) is 73.3 Å². The van der Waals surface area contributed by atoms with Crippen molar-refractivity contribution in [2.75, 3.05) is 32.1 Å². The van der Waals surface area contributed by atoms with Crippen molar-refractivity contribution in [1.29, 1.82) is 0 Å². The molecule has 2 aromatic rings. The fourth-order valence-electron chi connectivity index (χ4n) is 4.01. The summed E-state index contributed by atoms with van der Waals surface area (Å²) in [5.41, 5.74) is 4.05. The molecule has 0 bridgehead atoms. The molecule has 1 aliphatic heterocycles. The summed E-state index contributed by atoms with van der Waals surface area (Å²) in [6.07, 6.45) is 7.47. The van der Waals surface area contributed by atoms with Gasteiger partial charge in [-0.15, -0.1) is 0 Å². The molecule has 1 heterocycles. The lowest BCUT2D eigenvalue weighted by atomic mass is 10.1. The van der Waals surface area contributed by atoms with Crippen molar-refractivity contribution < 1.29 is 14.3 Å². The Morgan fingerprint density at radius 1 is 0.906 bits per heavy atom. The van der Waals surface area contributed by atoms with E-state index in [1.807, 2.05) is 24.1 Å². The number of benzene rings is 2. The molecule has 32 heavy (non-hydrogen) atoms. The van der Waals surface area contributed by atoms with Crippen LogP contribution < -0.4 is 14.8 Å². The maximum atomic E-state index is 13.1. The number of carbonyl (C=O) groups excluding carboxylic acids is 1. The Morgan fingerprint density at radius 2 is 1.59 bits per heavy atom. The molecule has 0 saturated carbocycles. The van der Waals surface area contributed by atoms with E-state index < -0.39 is 0 Å². The van der Waals surface area contributed by atoms with Crippen LogP contribution >= 0.6 is 0 Å². The number of hydrogen-bond donors (Lipinski definition) is 1. The van der Waals surface area contributed by atoms with Crippen LogP contribution in [0.5, 0.6) is 11.5 Å². The summed E-state index contributed by atoms with van der Waals surface area (Å²) >= 11 is 0. The maximum absolute atomic E-state index is 13.1. The van der Waals surface area contributed by atoms with Gasteiger partial charge in [0.2, 0.25) is 0 Å². The highest BCUT2D eigenvalue weighted by molar-refractivity contribution is 5.99. The molecule has 1 N–H and O–H groups in total. The lowest BCUT2D eigenvalue weighted by Crippen LogP contribution is -2.26. The molecule has 0 atom stereocenters. The third kappa shape index (κ3) is 6.18. The third-order valence-electron chi connectivity index (χ3n) is 6.00. The standard InChI is InChI=1S/C27H38N2O3/c1-4-6-8-18-31-25-15-14-23-24(26(25)32-19-9-7-5-2)20-29(27(23)30)17-16-21-10-12-22(28-3)13-11-21/h10-15,28H,4-9,16-20H2,1-3H3. The van der Waals surface area contributed by atoms with E-state index >= 15 is 0 Å². The monoisotopic (exact) mass is 438 g/mol. The molecule has 174 valence electrons. The Bertz CT molecular complexity index is 864. The van der Waals surface area contributed by atoms with Crippen LogP contribution in [-0.2, 0) is 13.0 Å². The topological polar surface area (TPSA) is 50.8 Å². The molecule has 5 heteroatoms. The van der Waals surface area contributed by atoms with Crippen molar-refractivity contribution in [2.24, 2.45) is 0 Å². The van der Waals surface area contributed by atoms with Crippen molar-refractivity contribution in [3.8, 4) is 11.5 Å². The minimum Gasteiger partial charge on any atom is -0.490 e. The lowest BCUT2D eigenvalue weighted by molar-refractivity contribution is 0.0780. The van der Waals surface area contributed by atoms with E-state index in [4.69, 9.17) is 9.47 Å². The van der Waals surface area contributed by atoms with Gasteiger partial charge < -0.3 is 19.7 Å². The predicted molar refractivity (Wildman–Crippen MR) is 131 cm³/mol. The minimum atomic E-state index is 0.0859. The molecule has 0 saturated heterocycles. The second-order valence-electron chi connectivity index (χ2n) is 8.45. The molecule has 0 fully saturated rings. The van der Waals surface area contributed by atoms with Crippen molar-refractivity contribution in [3.63, 3.8) is 0 Å². The third-order valence-corrected chi connectivity index (χ3v) is 6.00. The smallest absolute Gasteiger partial charge is 0.254 e. The second-order valence-corrected chi connectivity index (χ2v) is 8.45. The number of unbranched alkanes of at least 4 members (excludes halogenated alkanes) is 4. The van der Waals surface area contributed by atoms with E-state index in [1.54, 1.807) is 0 Å². The lowest BCUT2D eigenvalue weighted by Gasteiger charge is -2.17. The molecular formula is C27H38N2O3. The number of fused-ring (bicyclic) bond motifs is 1. The zero-order valence-corrected chi connectivity index (χ0v) is 19.9. The Kier molecular flexibility index (Phi) is 9.27. The van der Waals surface area contributed by atoms with E-state index in [-0.39, 0.29) is 5.91 Å². The molecule has 0 spiro atoms. The first-order valence-electron chi connectivity index (χ1n) is 12.1. The van der Waals surface area contributed by atoms with Gasteiger partial charge in [0.1, 0.15) is 0 Å². The van der Waals surface area contributed by atoms with Crippen LogP contribution in [0.15, 0.2) is 36.4 Å². The zero-order chi connectivity index (χ0) is 22.8. The number of anilines is 1. The fourth-order valence-corrected chi connectivity index (χ4v) is 4.01. The first kappa shape index (κ1) is 24.0. The van der Waals surface area contributed by atoms with Crippen LogP contribution in [0.1, 0.15) is 73.9 Å². The van der Waals surface area contributed by atoms with Crippen molar-refractivity contribution in [2.45, 2.75) is 65.3 Å². The van der Waals surface area contributed by atoms with E-state index in [9.17, 15) is 4.79 Å². The van der Waals surface area contributed by atoms with Gasteiger partial charge in [-0.05, 0) is 49.1 Å². The van der Waals surface area contributed by atoms with Crippen LogP contribution in [0.25, 0.3) is 0 Å². The van der Waals surface area contributed by atoms with Crippen LogP contribution in [0.4, 0.5) is 5.69 Å². The summed E-state index contributed by atoms with van der Waals surface area (Å²) < 4.78 is 12.3. The molecule has 0 radical (unpaired) electrons. The molecule has 0 aromatic heterocycles. The highest BCUT2D eigenvalue weighted by atomic mass is 16.5. The first-order chi connectivity index (χ1) is 15.7. The number of hydrogen-bond acceptors (Lipinski definition) is 4. The summed E-state index contributed by atoms with van der Waals surface area (Å²) in [6.45, 7) is 6.98. The Hall–Kier alpha value is -2.69. The van der Waals surface area contributed by atoms with Gasteiger partial charge in [0.25, 0.3) is 5.91 Å². The summed E-state index contributed by atoms with van der Waals surface area (Å²) in [5.74, 6) is 1.63. The quantitative estimate of drug-likeness (QED) is 0.364. The molecule has 3 rings (SSSR count). The van der Waals surface area contributed by atoms with Gasteiger partial charge in [-0.1, -0.05) is 51.7 Å². The summed E-state index contributed by atoms with van der Waals surface area (Å²) in [7, 11) is 1.92. The van der Waals surface area contributed by atoms with Gasteiger partial charge in [0.05, 0.1) is 19.8 Å². The van der Waals surface area contributed by atoms with Gasteiger partial charge in [-0.25, -0.2) is 0 Å². The van der Waals surface area contributed by atoms with E-state index in [0.29, 0.717) is 26.3 Å². The highest BCUT2D eigenvalue weighted by Gasteiger charge is 2.31.